The van der Waals surface area contributed by atoms with Crippen molar-refractivity contribution in [1.29, 1.82) is 0 Å². The van der Waals surface area contributed by atoms with Crippen molar-refractivity contribution in [2.75, 3.05) is 7.11 Å². The highest BCUT2D eigenvalue weighted by Gasteiger charge is 2.02. The molecule has 0 bridgehead atoms. The first-order chi connectivity index (χ1) is 10.5. The summed E-state index contributed by atoms with van der Waals surface area (Å²) in [6.45, 7) is 0. The lowest BCUT2D eigenvalue weighted by Gasteiger charge is -2.01. The van der Waals surface area contributed by atoms with Crippen molar-refractivity contribution in [1.82, 2.24) is 0 Å². The van der Waals surface area contributed by atoms with Crippen LogP contribution in [0.3, 0.4) is 0 Å². The number of nitro benzene ring substituents is 1. The van der Waals surface area contributed by atoms with E-state index < -0.39 is 4.92 Å². The molecule has 7 nitrogen and oxygen atoms in total. The van der Waals surface area contributed by atoms with Gasteiger partial charge in [-0.2, -0.15) is 0 Å². The maximum absolute atomic E-state index is 10.2. The zero-order valence-corrected chi connectivity index (χ0v) is 11.6. The molecule has 0 fully saturated rings. The summed E-state index contributed by atoms with van der Waals surface area (Å²) < 4.78 is 4.78. The third kappa shape index (κ3) is 4.71. The molecular weight excluding hydrogens is 290 g/mol. The fraction of sp³-hybridized carbons (Fsp3) is 0.0667. The first kappa shape index (κ1) is 16.8. The molecule has 22 heavy (non-hydrogen) atoms. The van der Waals surface area contributed by atoms with Crippen molar-refractivity contribution in [3.05, 3.63) is 63.7 Å². The van der Waals surface area contributed by atoms with Crippen LogP contribution in [0.15, 0.2) is 42.5 Å². The molecule has 0 heterocycles. The molecule has 0 saturated heterocycles. The van der Waals surface area contributed by atoms with E-state index in [0.717, 1.165) is 0 Å². The standard InChI is InChI=1S/C8H8O3.C7H5NO3/c1-11-8-3-2-6(5-9)4-7(8)10;9-5-6-1-3-7(4-2-6)8(10)11/h2-5,10H,1H3;1-5H. The van der Waals surface area contributed by atoms with Crippen molar-refractivity contribution in [2.45, 2.75) is 0 Å². The van der Waals surface area contributed by atoms with Gasteiger partial charge in [-0.1, -0.05) is 0 Å². The van der Waals surface area contributed by atoms with Gasteiger partial charge in [0.1, 0.15) is 12.6 Å². The number of benzene rings is 2. The quantitative estimate of drug-likeness (QED) is 0.528. The number of carbonyl (C=O) groups excluding carboxylic acids is 2. The molecule has 7 heteroatoms. The van der Waals surface area contributed by atoms with Crippen molar-refractivity contribution < 1.29 is 24.4 Å². The average Bonchev–Trinajstić information content (AvgIpc) is 2.55. The van der Waals surface area contributed by atoms with Crippen LogP contribution in [-0.4, -0.2) is 29.7 Å². The summed E-state index contributed by atoms with van der Waals surface area (Å²) in [7, 11) is 1.45. The van der Waals surface area contributed by atoms with Gasteiger partial charge in [-0.25, -0.2) is 0 Å². The summed E-state index contributed by atoms with van der Waals surface area (Å²) in [4.78, 5) is 29.9. The molecule has 114 valence electrons. The summed E-state index contributed by atoms with van der Waals surface area (Å²) in [5.41, 5.74) is 0.870. The number of ether oxygens (including phenoxy) is 1. The smallest absolute Gasteiger partial charge is 0.269 e. The molecule has 0 aliphatic heterocycles. The van der Waals surface area contributed by atoms with Gasteiger partial charge in [0.2, 0.25) is 0 Å². The van der Waals surface area contributed by atoms with E-state index in [4.69, 9.17) is 9.84 Å². The van der Waals surface area contributed by atoms with Crippen LogP contribution in [0, 0.1) is 10.1 Å². The Balaban J connectivity index is 0.000000220. The highest BCUT2D eigenvalue weighted by molar-refractivity contribution is 5.76. The SMILES string of the molecule is COc1ccc(C=O)cc1O.O=Cc1ccc([N+](=O)[O-])cc1. The highest BCUT2D eigenvalue weighted by atomic mass is 16.6. The zero-order chi connectivity index (χ0) is 16.5. The topological polar surface area (TPSA) is 107 Å². The Morgan fingerprint density at radius 2 is 1.59 bits per heavy atom. The van der Waals surface area contributed by atoms with Gasteiger partial charge in [-0.05, 0) is 30.3 Å². The maximum atomic E-state index is 10.2. The number of nitro groups is 1. The summed E-state index contributed by atoms with van der Waals surface area (Å²) in [5, 5.41) is 19.3. The van der Waals surface area contributed by atoms with Gasteiger partial charge in [-0.15, -0.1) is 0 Å². The molecule has 1 N–H and O–H groups in total. The van der Waals surface area contributed by atoms with Gasteiger partial charge < -0.3 is 9.84 Å². The van der Waals surface area contributed by atoms with E-state index in [1.54, 1.807) is 12.1 Å². The Hall–Kier alpha value is -3.22. The fourth-order valence-corrected chi connectivity index (χ4v) is 1.45. The Labute approximate surface area is 125 Å². The molecule has 2 rings (SSSR count). The van der Waals surface area contributed by atoms with Crippen LogP contribution in [0.25, 0.3) is 0 Å². The van der Waals surface area contributed by atoms with Crippen LogP contribution in [-0.2, 0) is 0 Å². The lowest BCUT2D eigenvalue weighted by atomic mass is 10.2. The van der Waals surface area contributed by atoms with E-state index in [1.165, 1.54) is 37.4 Å². The monoisotopic (exact) mass is 303 g/mol. The van der Waals surface area contributed by atoms with Gasteiger partial charge in [0, 0.05) is 23.3 Å². The summed E-state index contributed by atoms with van der Waals surface area (Å²) in [6, 6.07) is 9.88. The molecule has 0 aliphatic carbocycles. The van der Waals surface area contributed by atoms with E-state index in [0.29, 0.717) is 29.4 Å². The molecular formula is C15H13NO6. The van der Waals surface area contributed by atoms with Gasteiger partial charge >= 0.3 is 0 Å². The molecule has 0 radical (unpaired) electrons. The molecule has 2 aromatic rings. The van der Waals surface area contributed by atoms with Gasteiger partial charge in [0.25, 0.3) is 5.69 Å². The number of methoxy groups -OCH3 is 1. The number of aromatic hydroxyl groups is 1. The highest BCUT2D eigenvalue weighted by Crippen LogP contribution is 2.25. The number of carbonyl (C=O) groups is 2. The third-order valence-corrected chi connectivity index (χ3v) is 2.58. The van der Waals surface area contributed by atoms with E-state index >= 15 is 0 Å². The second kappa shape index (κ2) is 8.15. The second-order valence-electron chi connectivity index (χ2n) is 4.02. The Morgan fingerprint density at radius 3 is 2.00 bits per heavy atom. The molecule has 0 spiro atoms. The minimum atomic E-state index is -0.505. The first-order valence-corrected chi connectivity index (χ1v) is 6.03. The number of aldehydes is 2. The fourth-order valence-electron chi connectivity index (χ4n) is 1.45. The number of rotatable bonds is 4. The third-order valence-electron chi connectivity index (χ3n) is 2.58. The number of phenolic OH excluding ortho intramolecular Hbond substituents is 1. The minimum absolute atomic E-state index is 0.00407. The van der Waals surface area contributed by atoms with Gasteiger partial charge in [0.15, 0.2) is 11.5 Å². The molecule has 0 aromatic heterocycles. The second-order valence-corrected chi connectivity index (χ2v) is 4.02. The van der Waals surface area contributed by atoms with Gasteiger partial charge in [0.05, 0.1) is 12.0 Å². The van der Waals surface area contributed by atoms with Crippen LogP contribution in [0.1, 0.15) is 20.7 Å². The van der Waals surface area contributed by atoms with Crippen LogP contribution >= 0.6 is 0 Å². The van der Waals surface area contributed by atoms with E-state index in [-0.39, 0.29) is 11.4 Å². The largest absolute Gasteiger partial charge is 0.504 e. The molecule has 0 unspecified atom stereocenters. The van der Waals surface area contributed by atoms with Gasteiger partial charge in [-0.3, -0.25) is 19.7 Å². The lowest BCUT2D eigenvalue weighted by molar-refractivity contribution is -0.384. The molecule has 0 atom stereocenters. The molecule has 0 saturated carbocycles. The maximum Gasteiger partial charge on any atom is 0.269 e. The number of hydrogen-bond donors (Lipinski definition) is 1. The van der Waals surface area contributed by atoms with E-state index in [1.807, 2.05) is 0 Å². The zero-order valence-electron chi connectivity index (χ0n) is 11.6. The van der Waals surface area contributed by atoms with Crippen molar-refractivity contribution in [2.24, 2.45) is 0 Å². The van der Waals surface area contributed by atoms with Crippen LogP contribution in [0.5, 0.6) is 11.5 Å². The summed E-state index contributed by atoms with van der Waals surface area (Å²) in [6.07, 6.45) is 1.31. The van der Waals surface area contributed by atoms with Crippen molar-refractivity contribution >= 4 is 18.3 Å². The first-order valence-electron chi connectivity index (χ1n) is 6.03. The number of hydrogen-bond acceptors (Lipinski definition) is 6. The molecule has 2 aromatic carbocycles. The summed E-state index contributed by atoms with van der Waals surface area (Å²) >= 11 is 0. The predicted octanol–water partition coefficient (Wildman–Crippen LogP) is 2.62. The minimum Gasteiger partial charge on any atom is -0.504 e. The van der Waals surface area contributed by atoms with Crippen molar-refractivity contribution in [3.8, 4) is 11.5 Å². The van der Waals surface area contributed by atoms with E-state index in [9.17, 15) is 19.7 Å². The van der Waals surface area contributed by atoms with E-state index in [2.05, 4.69) is 0 Å². The van der Waals surface area contributed by atoms with Crippen LogP contribution in [0.4, 0.5) is 5.69 Å². The van der Waals surface area contributed by atoms with Crippen LogP contribution in [0.2, 0.25) is 0 Å². The molecule has 0 amide bonds. The number of non-ortho nitro benzene ring substituents is 1. The lowest BCUT2D eigenvalue weighted by Crippen LogP contribution is -1.87. The summed E-state index contributed by atoms with van der Waals surface area (Å²) in [5.74, 6) is 0.354. The normalized spacial score (nSPS) is 9.14. The number of nitrogens with zero attached hydrogens (tertiary/aromatic N) is 1. The Bertz CT molecular complexity index is 666. The molecule has 0 aliphatic rings. The Kier molecular flexibility index (Phi) is 6.24. The number of phenols is 1. The predicted molar refractivity (Wildman–Crippen MR) is 78.5 cm³/mol. The van der Waals surface area contributed by atoms with Crippen LogP contribution < -0.4 is 4.74 Å². The average molecular weight is 303 g/mol. The Morgan fingerprint density at radius 1 is 1.05 bits per heavy atom. The van der Waals surface area contributed by atoms with Crippen molar-refractivity contribution in [3.63, 3.8) is 0 Å².